The lowest BCUT2D eigenvalue weighted by Gasteiger charge is -2.38. The van der Waals surface area contributed by atoms with Crippen LogP contribution in [0.2, 0.25) is 0 Å². The van der Waals surface area contributed by atoms with Gasteiger partial charge in [0.25, 0.3) is 0 Å². The Morgan fingerprint density at radius 3 is 2.52 bits per heavy atom. The van der Waals surface area contributed by atoms with Gasteiger partial charge in [-0.15, -0.1) is 0 Å². The summed E-state index contributed by atoms with van der Waals surface area (Å²) in [5.41, 5.74) is -1.12. The van der Waals surface area contributed by atoms with Gasteiger partial charge >= 0.3 is 5.97 Å². The summed E-state index contributed by atoms with van der Waals surface area (Å²) in [5, 5.41) is 9.39. The number of benzene rings is 1. The number of carboxylic acid groups (broad SMARTS) is 1. The molecule has 7 heteroatoms. The summed E-state index contributed by atoms with van der Waals surface area (Å²) < 4.78 is 39.9. The van der Waals surface area contributed by atoms with E-state index in [1.54, 1.807) is 6.92 Å². The van der Waals surface area contributed by atoms with Gasteiger partial charge in [0.2, 0.25) is 10.0 Å². The molecule has 0 radical (unpaired) electrons. The molecule has 0 aliphatic heterocycles. The van der Waals surface area contributed by atoms with Gasteiger partial charge in [-0.05, 0) is 44.0 Å². The highest BCUT2D eigenvalue weighted by molar-refractivity contribution is 7.89. The zero-order valence-corrected chi connectivity index (χ0v) is 12.5. The molecular formula is C14H18FNO4S. The number of nitrogens with one attached hydrogen (secondary N) is 1. The monoisotopic (exact) mass is 315 g/mol. The summed E-state index contributed by atoms with van der Waals surface area (Å²) >= 11 is 0. The molecule has 0 spiro atoms. The minimum absolute atomic E-state index is 0.0674. The van der Waals surface area contributed by atoms with Crippen LogP contribution in [0.25, 0.3) is 0 Å². The number of carboxylic acids is 1. The molecule has 0 amide bonds. The van der Waals surface area contributed by atoms with Gasteiger partial charge in [0.1, 0.15) is 5.82 Å². The number of hydrogen-bond donors (Lipinski definition) is 2. The van der Waals surface area contributed by atoms with E-state index >= 15 is 0 Å². The fraction of sp³-hybridized carbons (Fsp3) is 0.500. The van der Waals surface area contributed by atoms with Crippen LogP contribution in [0.1, 0.15) is 32.6 Å². The summed E-state index contributed by atoms with van der Waals surface area (Å²) in [6, 6.07) is 3.79. The Labute approximate surface area is 123 Å². The Kier molecular flexibility index (Phi) is 4.34. The topological polar surface area (TPSA) is 83.5 Å². The lowest BCUT2D eigenvalue weighted by Crippen LogP contribution is -2.52. The van der Waals surface area contributed by atoms with E-state index < -0.39 is 33.3 Å². The van der Waals surface area contributed by atoms with Gasteiger partial charge in [-0.1, -0.05) is 12.8 Å². The number of aliphatic carboxylic acids is 1. The molecule has 1 aliphatic carbocycles. The molecule has 2 atom stereocenters. The summed E-state index contributed by atoms with van der Waals surface area (Å²) in [6.07, 6.45) is 2.44. The van der Waals surface area contributed by atoms with E-state index in [0.717, 1.165) is 25.0 Å². The van der Waals surface area contributed by atoms with Gasteiger partial charge in [-0.3, -0.25) is 4.79 Å². The molecule has 5 nitrogen and oxygen atoms in total. The largest absolute Gasteiger partial charge is 0.481 e. The first kappa shape index (κ1) is 15.9. The van der Waals surface area contributed by atoms with Crippen molar-refractivity contribution >= 4 is 16.0 Å². The predicted octanol–water partition coefficient (Wildman–Crippen LogP) is 2.14. The maximum absolute atomic E-state index is 12.9. The van der Waals surface area contributed by atoms with Crippen LogP contribution < -0.4 is 4.72 Å². The van der Waals surface area contributed by atoms with Crippen LogP contribution in [0, 0.1) is 11.2 Å². The van der Waals surface area contributed by atoms with Crippen molar-refractivity contribution in [3.05, 3.63) is 30.1 Å². The number of carbonyl (C=O) groups is 1. The van der Waals surface area contributed by atoms with Gasteiger partial charge in [0.15, 0.2) is 0 Å². The van der Waals surface area contributed by atoms with Crippen molar-refractivity contribution in [1.82, 2.24) is 4.72 Å². The highest BCUT2D eigenvalue weighted by Gasteiger charge is 2.44. The Morgan fingerprint density at radius 2 is 1.95 bits per heavy atom. The minimum Gasteiger partial charge on any atom is -0.481 e. The van der Waals surface area contributed by atoms with Crippen LogP contribution in [0.3, 0.4) is 0 Å². The molecule has 2 unspecified atom stereocenters. The first-order valence-electron chi connectivity index (χ1n) is 6.77. The van der Waals surface area contributed by atoms with Crippen LogP contribution in [0.15, 0.2) is 29.2 Å². The highest BCUT2D eigenvalue weighted by atomic mass is 32.2. The average molecular weight is 315 g/mol. The maximum atomic E-state index is 12.9. The first-order chi connectivity index (χ1) is 9.75. The van der Waals surface area contributed by atoms with E-state index in [1.165, 1.54) is 12.1 Å². The van der Waals surface area contributed by atoms with E-state index in [4.69, 9.17) is 0 Å². The molecule has 0 bridgehead atoms. The van der Waals surface area contributed by atoms with Crippen LogP contribution in [0.4, 0.5) is 4.39 Å². The summed E-state index contributed by atoms with van der Waals surface area (Å²) in [6.45, 7) is 1.56. The molecule has 2 rings (SSSR count). The van der Waals surface area contributed by atoms with Crippen molar-refractivity contribution in [3.63, 3.8) is 0 Å². The van der Waals surface area contributed by atoms with Gasteiger partial charge in [-0.25, -0.2) is 17.5 Å². The molecule has 1 aromatic rings. The third-order valence-corrected chi connectivity index (χ3v) is 5.61. The SMILES string of the molecule is CC1(C(=O)O)CCCCC1NS(=O)(=O)c1ccc(F)cc1. The lowest BCUT2D eigenvalue weighted by molar-refractivity contribution is -0.151. The first-order valence-corrected chi connectivity index (χ1v) is 8.25. The molecule has 0 aromatic heterocycles. The smallest absolute Gasteiger partial charge is 0.310 e. The minimum atomic E-state index is -3.86. The normalized spacial score (nSPS) is 26.5. The van der Waals surface area contributed by atoms with Gasteiger partial charge in [0.05, 0.1) is 10.3 Å². The fourth-order valence-electron chi connectivity index (χ4n) is 2.65. The molecule has 0 saturated heterocycles. The molecule has 116 valence electrons. The van der Waals surface area contributed by atoms with Crippen molar-refractivity contribution in [1.29, 1.82) is 0 Å². The number of hydrogen-bond acceptors (Lipinski definition) is 3. The quantitative estimate of drug-likeness (QED) is 0.891. The van der Waals surface area contributed by atoms with E-state index in [9.17, 15) is 22.7 Å². The van der Waals surface area contributed by atoms with E-state index in [0.29, 0.717) is 12.8 Å². The Bertz CT molecular complexity index is 629. The van der Waals surface area contributed by atoms with Crippen molar-refractivity contribution < 1.29 is 22.7 Å². The Balaban J connectivity index is 2.26. The van der Waals surface area contributed by atoms with Gasteiger partial charge in [-0.2, -0.15) is 0 Å². The summed E-state index contributed by atoms with van der Waals surface area (Å²) in [5.74, 6) is -1.53. The van der Waals surface area contributed by atoms with E-state index in [1.807, 2.05) is 0 Å². The Hall–Kier alpha value is -1.47. The number of rotatable bonds is 4. The van der Waals surface area contributed by atoms with Crippen LogP contribution in [0.5, 0.6) is 0 Å². The molecule has 2 N–H and O–H groups in total. The second-order valence-corrected chi connectivity index (χ2v) is 7.31. The Morgan fingerprint density at radius 1 is 1.33 bits per heavy atom. The van der Waals surface area contributed by atoms with Crippen molar-refractivity contribution in [2.45, 2.75) is 43.5 Å². The zero-order valence-electron chi connectivity index (χ0n) is 11.7. The summed E-state index contributed by atoms with van der Waals surface area (Å²) in [4.78, 5) is 11.4. The number of halogens is 1. The third-order valence-electron chi connectivity index (χ3n) is 4.12. The maximum Gasteiger partial charge on any atom is 0.310 e. The highest BCUT2D eigenvalue weighted by Crippen LogP contribution is 2.37. The summed E-state index contributed by atoms with van der Waals surface area (Å²) in [7, 11) is -3.86. The average Bonchev–Trinajstić information content (AvgIpc) is 2.41. The van der Waals surface area contributed by atoms with E-state index in [2.05, 4.69) is 4.72 Å². The fourth-order valence-corrected chi connectivity index (χ4v) is 4.03. The van der Waals surface area contributed by atoms with Gasteiger partial charge < -0.3 is 5.11 Å². The van der Waals surface area contributed by atoms with Crippen LogP contribution in [-0.4, -0.2) is 25.5 Å². The van der Waals surface area contributed by atoms with Crippen LogP contribution in [-0.2, 0) is 14.8 Å². The third kappa shape index (κ3) is 3.24. The second-order valence-electron chi connectivity index (χ2n) is 5.60. The molecule has 1 aromatic carbocycles. The number of sulfonamides is 1. The van der Waals surface area contributed by atoms with Crippen LogP contribution >= 0.6 is 0 Å². The molecule has 21 heavy (non-hydrogen) atoms. The van der Waals surface area contributed by atoms with E-state index in [-0.39, 0.29) is 4.90 Å². The van der Waals surface area contributed by atoms with Gasteiger partial charge in [0, 0.05) is 6.04 Å². The molecular weight excluding hydrogens is 297 g/mol. The molecule has 1 fully saturated rings. The van der Waals surface area contributed by atoms with Crippen molar-refractivity contribution in [2.75, 3.05) is 0 Å². The zero-order chi connectivity index (χ0) is 15.7. The molecule has 1 saturated carbocycles. The second kappa shape index (κ2) is 5.73. The molecule has 1 aliphatic rings. The predicted molar refractivity (Wildman–Crippen MR) is 74.7 cm³/mol. The standard InChI is InChI=1S/C14H18FNO4S/c1-14(13(17)18)9-3-2-4-12(14)16-21(19,20)11-7-5-10(15)6-8-11/h5-8,12,16H,2-4,9H2,1H3,(H,17,18). The van der Waals surface area contributed by atoms with Crippen molar-refractivity contribution in [3.8, 4) is 0 Å². The molecule has 0 heterocycles. The van der Waals surface area contributed by atoms with Crippen molar-refractivity contribution in [2.24, 2.45) is 5.41 Å². The lowest BCUT2D eigenvalue weighted by atomic mass is 9.72.